The molecule has 1 aromatic carbocycles. The van der Waals surface area contributed by atoms with Gasteiger partial charge in [-0.15, -0.1) is 22.9 Å². The molecule has 1 heterocycles. The Morgan fingerprint density at radius 2 is 2.00 bits per heavy atom. The number of hydrogen-bond acceptors (Lipinski definition) is 2. The van der Waals surface area contributed by atoms with E-state index in [0.717, 1.165) is 16.1 Å². The van der Waals surface area contributed by atoms with Crippen LogP contribution >= 0.6 is 34.5 Å². The summed E-state index contributed by atoms with van der Waals surface area (Å²) in [6.45, 7) is 0. The minimum absolute atomic E-state index is 0.0356. The van der Waals surface area contributed by atoms with Gasteiger partial charge in [0.1, 0.15) is 5.88 Å². The quantitative estimate of drug-likeness (QED) is 0.840. The minimum Gasteiger partial charge on any atom is -0.324 e. The first kappa shape index (κ1) is 12.4. The number of amides is 1. The molecule has 0 unspecified atom stereocenters. The zero-order valence-electron chi connectivity index (χ0n) is 8.74. The Morgan fingerprint density at radius 1 is 1.29 bits per heavy atom. The average Bonchev–Trinajstić information content (AvgIpc) is 2.78. The van der Waals surface area contributed by atoms with Crippen LogP contribution in [0.25, 0.3) is 10.4 Å². The summed E-state index contributed by atoms with van der Waals surface area (Å²) in [5, 5.41) is 5.30. The van der Waals surface area contributed by atoms with E-state index in [0.29, 0.717) is 5.02 Å². The fourth-order valence-electron chi connectivity index (χ4n) is 1.36. The lowest BCUT2D eigenvalue weighted by molar-refractivity contribution is -0.113. The van der Waals surface area contributed by atoms with Crippen LogP contribution in [-0.4, -0.2) is 11.8 Å². The number of hydrogen-bond donors (Lipinski definition) is 1. The van der Waals surface area contributed by atoms with Gasteiger partial charge in [0.25, 0.3) is 0 Å². The summed E-state index contributed by atoms with van der Waals surface area (Å²) in [4.78, 5) is 12.2. The van der Waals surface area contributed by atoms with Crippen LogP contribution in [0.3, 0.4) is 0 Å². The van der Waals surface area contributed by atoms with Crippen LogP contribution in [0.2, 0.25) is 5.02 Å². The predicted octanol–water partition coefficient (Wildman–Crippen LogP) is 4.25. The molecule has 0 spiro atoms. The van der Waals surface area contributed by atoms with Crippen molar-refractivity contribution in [3.63, 3.8) is 0 Å². The van der Waals surface area contributed by atoms with Gasteiger partial charge < -0.3 is 5.32 Å². The second kappa shape index (κ2) is 5.54. The van der Waals surface area contributed by atoms with Gasteiger partial charge in [-0.25, -0.2) is 0 Å². The normalized spacial score (nSPS) is 10.2. The Hall–Kier alpha value is -1.03. The molecule has 2 nitrogen and oxygen atoms in total. The first-order valence-corrected chi connectivity index (χ1v) is 6.68. The van der Waals surface area contributed by atoms with E-state index in [1.807, 2.05) is 35.7 Å². The van der Waals surface area contributed by atoms with E-state index in [-0.39, 0.29) is 11.8 Å². The van der Waals surface area contributed by atoms with Crippen molar-refractivity contribution in [1.82, 2.24) is 0 Å². The van der Waals surface area contributed by atoms with Gasteiger partial charge in [-0.1, -0.05) is 23.7 Å². The molecule has 0 saturated carbocycles. The smallest absolute Gasteiger partial charge is 0.239 e. The highest BCUT2D eigenvalue weighted by Gasteiger charge is 2.05. The monoisotopic (exact) mass is 285 g/mol. The van der Waals surface area contributed by atoms with Gasteiger partial charge in [-0.3, -0.25) is 4.79 Å². The van der Waals surface area contributed by atoms with Crippen molar-refractivity contribution >= 4 is 46.1 Å². The number of carbonyl (C=O) groups is 1. The predicted molar refractivity (Wildman–Crippen MR) is 74.1 cm³/mol. The molecule has 0 aliphatic carbocycles. The Labute approximate surface area is 113 Å². The Balaban J connectivity index is 2.18. The van der Waals surface area contributed by atoms with Crippen LogP contribution in [0.5, 0.6) is 0 Å². The molecular weight excluding hydrogens is 277 g/mol. The van der Waals surface area contributed by atoms with Crippen LogP contribution in [-0.2, 0) is 4.79 Å². The van der Waals surface area contributed by atoms with E-state index in [1.54, 1.807) is 11.3 Å². The second-order valence-electron chi connectivity index (χ2n) is 3.39. The number of nitrogens with one attached hydrogen (secondary N) is 1. The van der Waals surface area contributed by atoms with Crippen molar-refractivity contribution in [2.45, 2.75) is 0 Å². The van der Waals surface area contributed by atoms with Crippen molar-refractivity contribution in [2.24, 2.45) is 0 Å². The van der Waals surface area contributed by atoms with E-state index in [1.165, 1.54) is 0 Å². The molecule has 0 bridgehead atoms. The molecule has 2 aromatic rings. The SMILES string of the molecule is O=C(CCl)Nc1csc(-c2ccc(Cl)cc2)c1. The van der Waals surface area contributed by atoms with Crippen molar-refractivity contribution in [1.29, 1.82) is 0 Å². The van der Waals surface area contributed by atoms with Gasteiger partial charge in [0.05, 0.1) is 5.69 Å². The van der Waals surface area contributed by atoms with Gasteiger partial charge in [0.2, 0.25) is 5.91 Å². The standard InChI is InChI=1S/C12H9Cl2NOS/c13-6-12(16)15-10-5-11(17-7-10)8-1-3-9(14)4-2-8/h1-5,7H,6H2,(H,15,16). The summed E-state index contributed by atoms with van der Waals surface area (Å²) in [5.41, 5.74) is 1.84. The summed E-state index contributed by atoms with van der Waals surface area (Å²) in [6, 6.07) is 9.49. The maximum atomic E-state index is 11.1. The first-order valence-electron chi connectivity index (χ1n) is 4.89. The number of anilines is 1. The fourth-order valence-corrected chi connectivity index (χ4v) is 2.40. The minimum atomic E-state index is -0.202. The largest absolute Gasteiger partial charge is 0.324 e. The lowest BCUT2D eigenvalue weighted by Crippen LogP contribution is -2.11. The third kappa shape index (κ3) is 3.22. The molecule has 1 aromatic heterocycles. The highest BCUT2D eigenvalue weighted by atomic mass is 35.5. The summed E-state index contributed by atoms with van der Waals surface area (Å²) >= 11 is 12.8. The molecule has 0 aliphatic heterocycles. The van der Waals surface area contributed by atoms with Crippen LogP contribution in [0.4, 0.5) is 5.69 Å². The molecule has 88 valence electrons. The van der Waals surface area contributed by atoms with E-state index in [2.05, 4.69) is 5.32 Å². The topological polar surface area (TPSA) is 29.1 Å². The zero-order valence-corrected chi connectivity index (χ0v) is 11.1. The molecule has 1 N–H and O–H groups in total. The van der Waals surface area contributed by atoms with Crippen molar-refractivity contribution < 1.29 is 4.79 Å². The Bertz CT molecular complexity index is 522. The molecule has 1 amide bonds. The van der Waals surface area contributed by atoms with E-state index in [9.17, 15) is 4.79 Å². The molecule has 0 atom stereocenters. The van der Waals surface area contributed by atoms with E-state index >= 15 is 0 Å². The molecule has 2 rings (SSSR count). The number of benzene rings is 1. The molecule has 0 saturated heterocycles. The molecule has 5 heteroatoms. The maximum Gasteiger partial charge on any atom is 0.239 e. The molecule has 0 fully saturated rings. The first-order chi connectivity index (χ1) is 8.19. The number of thiophene rings is 1. The van der Waals surface area contributed by atoms with Gasteiger partial charge in [0, 0.05) is 15.3 Å². The Morgan fingerprint density at radius 3 is 2.65 bits per heavy atom. The molecular formula is C12H9Cl2NOS. The van der Waals surface area contributed by atoms with Gasteiger partial charge in [0.15, 0.2) is 0 Å². The summed E-state index contributed by atoms with van der Waals surface area (Å²) in [7, 11) is 0. The lowest BCUT2D eigenvalue weighted by Gasteiger charge is -1.98. The molecule has 0 aliphatic rings. The summed E-state index contributed by atoms with van der Waals surface area (Å²) in [5.74, 6) is -0.237. The van der Waals surface area contributed by atoms with E-state index < -0.39 is 0 Å². The number of alkyl halides is 1. The van der Waals surface area contributed by atoms with Crippen LogP contribution in [0.1, 0.15) is 0 Å². The zero-order chi connectivity index (χ0) is 12.3. The highest BCUT2D eigenvalue weighted by molar-refractivity contribution is 7.14. The van der Waals surface area contributed by atoms with Gasteiger partial charge >= 0.3 is 0 Å². The molecule has 17 heavy (non-hydrogen) atoms. The van der Waals surface area contributed by atoms with Crippen LogP contribution in [0, 0.1) is 0 Å². The van der Waals surface area contributed by atoms with Crippen molar-refractivity contribution in [3.05, 3.63) is 40.7 Å². The third-order valence-electron chi connectivity index (χ3n) is 2.13. The van der Waals surface area contributed by atoms with Crippen molar-refractivity contribution in [2.75, 3.05) is 11.2 Å². The van der Waals surface area contributed by atoms with E-state index in [4.69, 9.17) is 23.2 Å². The van der Waals surface area contributed by atoms with Gasteiger partial charge in [-0.2, -0.15) is 0 Å². The highest BCUT2D eigenvalue weighted by Crippen LogP contribution is 2.30. The second-order valence-corrected chi connectivity index (χ2v) is 5.00. The third-order valence-corrected chi connectivity index (χ3v) is 3.61. The van der Waals surface area contributed by atoms with Gasteiger partial charge in [-0.05, 0) is 23.8 Å². The average molecular weight is 286 g/mol. The Kier molecular flexibility index (Phi) is 4.05. The summed E-state index contributed by atoms with van der Waals surface area (Å²) < 4.78 is 0. The van der Waals surface area contributed by atoms with Crippen LogP contribution in [0.15, 0.2) is 35.7 Å². The lowest BCUT2D eigenvalue weighted by atomic mass is 10.2. The molecule has 0 radical (unpaired) electrons. The number of carbonyl (C=O) groups excluding carboxylic acids is 1. The summed E-state index contributed by atoms with van der Waals surface area (Å²) in [6.07, 6.45) is 0. The number of halogens is 2. The maximum absolute atomic E-state index is 11.1. The van der Waals surface area contributed by atoms with Crippen LogP contribution < -0.4 is 5.32 Å². The number of rotatable bonds is 3. The fraction of sp³-hybridized carbons (Fsp3) is 0.0833. The van der Waals surface area contributed by atoms with Crippen molar-refractivity contribution in [3.8, 4) is 10.4 Å².